The molecule has 0 saturated carbocycles. The van der Waals surface area contributed by atoms with Gasteiger partial charge < -0.3 is 19.7 Å². The van der Waals surface area contributed by atoms with Crippen molar-refractivity contribution in [2.24, 2.45) is 0 Å². The fraction of sp³-hybridized carbons (Fsp3) is 0.350. The van der Waals surface area contributed by atoms with Crippen LogP contribution in [-0.2, 0) is 6.54 Å². The molecule has 5 heteroatoms. The number of nitrogens with one attached hydrogen (secondary N) is 1. The van der Waals surface area contributed by atoms with Crippen molar-refractivity contribution in [1.82, 2.24) is 10.2 Å². The van der Waals surface area contributed by atoms with Gasteiger partial charge in [0.05, 0.1) is 12.6 Å². The number of nitrogens with zero attached hydrogens (tertiary/aromatic N) is 1. The average Bonchev–Trinajstić information content (AvgIpc) is 2.60. The third-order valence-electron chi connectivity index (χ3n) is 4.89. The lowest BCUT2D eigenvalue weighted by molar-refractivity contribution is -0.0738. The van der Waals surface area contributed by atoms with E-state index in [4.69, 9.17) is 21.7 Å². The Hall–Kier alpha value is -2.27. The highest BCUT2D eigenvalue weighted by Gasteiger charge is 2.48. The fourth-order valence-corrected chi connectivity index (χ4v) is 4.08. The number of fused-ring (bicyclic) bond motifs is 4. The third kappa shape index (κ3) is 2.82. The molecule has 4 rings (SSSR count). The molecule has 0 amide bonds. The molecule has 4 nitrogen and oxygen atoms in total. The number of hydrogen-bond acceptors (Lipinski definition) is 3. The molecule has 2 aromatic carbocycles. The maximum atomic E-state index is 6.50. The minimum absolute atomic E-state index is 0.147. The second kappa shape index (κ2) is 6.23. The summed E-state index contributed by atoms with van der Waals surface area (Å²) in [5, 5.41) is 4.22. The van der Waals surface area contributed by atoms with Crippen LogP contribution in [0.3, 0.4) is 0 Å². The van der Waals surface area contributed by atoms with E-state index in [1.165, 1.54) is 5.56 Å². The van der Waals surface area contributed by atoms with E-state index in [2.05, 4.69) is 35.3 Å². The maximum absolute atomic E-state index is 6.50. The first-order valence-electron chi connectivity index (χ1n) is 8.67. The van der Waals surface area contributed by atoms with Gasteiger partial charge in [0.1, 0.15) is 0 Å². The summed E-state index contributed by atoms with van der Waals surface area (Å²) in [6.45, 7) is 5.42. The molecular weight excluding hydrogens is 332 g/mol. The van der Waals surface area contributed by atoms with Gasteiger partial charge in [-0.15, -0.1) is 0 Å². The molecule has 0 aliphatic carbocycles. The number of ether oxygens (including phenoxy) is 2. The van der Waals surface area contributed by atoms with Crippen molar-refractivity contribution >= 4 is 17.3 Å². The van der Waals surface area contributed by atoms with Crippen LogP contribution in [0.2, 0.25) is 0 Å². The predicted octanol–water partition coefficient (Wildman–Crippen LogP) is 4.02. The lowest BCUT2D eigenvalue weighted by Crippen LogP contribution is -2.64. The fourth-order valence-electron chi connectivity index (χ4n) is 3.68. The molecule has 0 aromatic heterocycles. The highest BCUT2D eigenvalue weighted by molar-refractivity contribution is 7.80. The van der Waals surface area contributed by atoms with Gasteiger partial charge >= 0.3 is 0 Å². The van der Waals surface area contributed by atoms with E-state index in [9.17, 15) is 0 Å². The molecule has 2 aliphatic heterocycles. The van der Waals surface area contributed by atoms with Crippen LogP contribution in [0.4, 0.5) is 0 Å². The van der Waals surface area contributed by atoms with Crippen molar-refractivity contribution in [2.45, 2.75) is 38.6 Å². The summed E-state index contributed by atoms with van der Waals surface area (Å²) in [5.74, 6) is 1.63. The van der Waals surface area contributed by atoms with Crippen molar-refractivity contribution in [2.75, 3.05) is 6.61 Å². The number of thiocarbonyl (C=S) groups is 1. The van der Waals surface area contributed by atoms with Crippen LogP contribution in [0.25, 0.3) is 0 Å². The predicted molar refractivity (Wildman–Crippen MR) is 102 cm³/mol. The lowest BCUT2D eigenvalue weighted by Gasteiger charge is -2.52. The van der Waals surface area contributed by atoms with Gasteiger partial charge in [0, 0.05) is 18.5 Å². The number of para-hydroxylation sites is 1. The second-order valence-electron chi connectivity index (χ2n) is 6.66. The Morgan fingerprint density at radius 2 is 2.04 bits per heavy atom. The van der Waals surface area contributed by atoms with Crippen LogP contribution < -0.4 is 14.8 Å². The molecule has 2 atom stereocenters. The van der Waals surface area contributed by atoms with E-state index >= 15 is 0 Å². The second-order valence-corrected chi connectivity index (χ2v) is 7.05. The molecule has 2 heterocycles. The topological polar surface area (TPSA) is 33.7 Å². The third-order valence-corrected chi connectivity index (χ3v) is 5.23. The quantitative estimate of drug-likeness (QED) is 0.839. The summed E-state index contributed by atoms with van der Waals surface area (Å²) >= 11 is 5.67. The van der Waals surface area contributed by atoms with Crippen LogP contribution >= 0.6 is 12.2 Å². The molecule has 130 valence electrons. The molecule has 1 saturated heterocycles. The van der Waals surface area contributed by atoms with Gasteiger partial charge in [0.2, 0.25) is 0 Å². The minimum Gasteiger partial charge on any atom is -0.490 e. The van der Waals surface area contributed by atoms with Crippen LogP contribution in [0, 0.1) is 0 Å². The minimum atomic E-state index is -0.497. The lowest BCUT2D eigenvalue weighted by atomic mass is 9.90. The summed E-state index contributed by atoms with van der Waals surface area (Å²) in [5.41, 5.74) is 1.83. The van der Waals surface area contributed by atoms with E-state index < -0.39 is 5.72 Å². The monoisotopic (exact) mass is 354 g/mol. The number of rotatable bonds is 4. The molecule has 0 spiro atoms. The highest BCUT2D eigenvalue weighted by Crippen LogP contribution is 2.48. The van der Waals surface area contributed by atoms with E-state index in [1.54, 1.807) is 0 Å². The molecule has 0 radical (unpaired) electrons. The van der Waals surface area contributed by atoms with Crippen LogP contribution in [-0.4, -0.2) is 22.3 Å². The van der Waals surface area contributed by atoms with Crippen molar-refractivity contribution in [3.63, 3.8) is 0 Å². The summed E-state index contributed by atoms with van der Waals surface area (Å²) in [7, 11) is 0. The van der Waals surface area contributed by atoms with Gasteiger partial charge in [-0.25, -0.2) is 0 Å². The Bertz CT molecular complexity index is 796. The van der Waals surface area contributed by atoms with Gasteiger partial charge in [0.15, 0.2) is 22.3 Å². The summed E-state index contributed by atoms with van der Waals surface area (Å²) < 4.78 is 12.3. The zero-order chi connectivity index (χ0) is 17.4. The van der Waals surface area contributed by atoms with E-state index in [-0.39, 0.29) is 6.04 Å². The SMILES string of the molecule is CCOc1cccc2c1OC1(C)CC2NC(=S)N1Cc1ccccc1. The molecule has 2 bridgehead atoms. The van der Waals surface area contributed by atoms with Crippen LogP contribution in [0.5, 0.6) is 11.5 Å². The Labute approximate surface area is 153 Å². The molecule has 2 aliphatic rings. The normalized spacial score (nSPS) is 24.2. The van der Waals surface area contributed by atoms with Crippen molar-refractivity contribution in [3.8, 4) is 11.5 Å². The molecule has 2 unspecified atom stereocenters. The summed E-state index contributed by atoms with van der Waals surface area (Å²) in [6, 6.07) is 16.6. The smallest absolute Gasteiger partial charge is 0.184 e. The summed E-state index contributed by atoms with van der Waals surface area (Å²) in [4.78, 5) is 2.14. The Morgan fingerprint density at radius 3 is 2.80 bits per heavy atom. The van der Waals surface area contributed by atoms with Gasteiger partial charge in [-0.2, -0.15) is 0 Å². The molecular formula is C20H22N2O2S. The van der Waals surface area contributed by atoms with Crippen molar-refractivity contribution < 1.29 is 9.47 Å². The van der Waals surface area contributed by atoms with Gasteiger partial charge in [-0.3, -0.25) is 0 Å². The average molecular weight is 354 g/mol. The highest BCUT2D eigenvalue weighted by atomic mass is 32.1. The molecule has 25 heavy (non-hydrogen) atoms. The Kier molecular flexibility index (Phi) is 4.04. The van der Waals surface area contributed by atoms with Crippen LogP contribution in [0.1, 0.15) is 37.4 Å². The Balaban J connectivity index is 1.71. The zero-order valence-corrected chi connectivity index (χ0v) is 15.3. The summed E-state index contributed by atoms with van der Waals surface area (Å²) in [6.07, 6.45) is 0.836. The first kappa shape index (κ1) is 16.2. The van der Waals surface area contributed by atoms with E-state index in [1.807, 2.05) is 37.3 Å². The van der Waals surface area contributed by atoms with Crippen LogP contribution in [0.15, 0.2) is 48.5 Å². The maximum Gasteiger partial charge on any atom is 0.184 e. The van der Waals surface area contributed by atoms with Gasteiger partial charge in [-0.05, 0) is 37.7 Å². The zero-order valence-electron chi connectivity index (χ0n) is 14.5. The van der Waals surface area contributed by atoms with Gasteiger partial charge in [0.25, 0.3) is 0 Å². The number of benzene rings is 2. The molecule has 1 fully saturated rings. The standard InChI is InChI=1S/C20H22N2O2S/c1-3-23-17-11-7-10-15-16-12-20(2,24-18(15)17)22(19(25)21-16)13-14-8-5-4-6-9-14/h4-11,16H,3,12-13H2,1-2H3,(H,21,25). The van der Waals surface area contributed by atoms with E-state index in [0.29, 0.717) is 13.2 Å². The van der Waals surface area contributed by atoms with Crippen molar-refractivity contribution in [3.05, 3.63) is 59.7 Å². The number of hydrogen-bond donors (Lipinski definition) is 1. The van der Waals surface area contributed by atoms with E-state index in [0.717, 1.165) is 28.6 Å². The molecule has 1 N–H and O–H groups in total. The first-order valence-corrected chi connectivity index (χ1v) is 9.08. The van der Waals surface area contributed by atoms with Crippen molar-refractivity contribution in [1.29, 1.82) is 0 Å². The first-order chi connectivity index (χ1) is 12.1. The molecule has 2 aromatic rings. The largest absolute Gasteiger partial charge is 0.490 e. The van der Waals surface area contributed by atoms with Gasteiger partial charge in [-0.1, -0.05) is 42.5 Å². The Morgan fingerprint density at radius 1 is 1.24 bits per heavy atom.